The zero-order valence-electron chi connectivity index (χ0n) is 14.8. The van der Waals surface area contributed by atoms with Crippen LogP contribution in [-0.4, -0.2) is 20.8 Å². The largest absolute Gasteiger partial charge is 0.294 e. The highest BCUT2D eigenvalue weighted by atomic mass is 16.1. The topological polar surface area (TPSA) is 30.2 Å². The van der Waals surface area contributed by atoms with Gasteiger partial charge in [-0.2, -0.15) is 0 Å². The molecular formula is C21H23N3O. The van der Waals surface area contributed by atoms with Gasteiger partial charge in [0.15, 0.2) is 0 Å². The molecule has 1 aliphatic heterocycles. The van der Waals surface area contributed by atoms with Crippen molar-refractivity contribution >= 4 is 0 Å². The molecule has 0 amide bonds. The van der Waals surface area contributed by atoms with Crippen molar-refractivity contribution in [3.05, 3.63) is 87.3 Å². The lowest BCUT2D eigenvalue weighted by atomic mass is 9.99. The minimum Gasteiger partial charge on any atom is -0.294 e. The molecule has 2 heterocycles. The fourth-order valence-corrected chi connectivity index (χ4v) is 3.72. The first-order valence-corrected chi connectivity index (χ1v) is 8.77. The monoisotopic (exact) mass is 333 g/mol. The Labute approximate surface area is 147 Å². The standard InChI is InChI=1S/C21H23N3O/c1-16-20(15-23-13-12-17-8-6-7-9-18(17)14-23)21(25)24(22(16)2)19-10-4-3-5-11-19/h3-11H,12-15H2,1-2H3. The van der Waals surface area contributed by atoms with Crippen molar-refractivity contribution in [2.75, 3.05) is 6.54 Å². The van der Waals surface area contributed by atoms with Gasteiger partial charge in [0, 0.05) is 32.4 Å². The molecule has 0 radical (unpaired) electrons. The van der Waals surface area contributed by atoms with E-state index in [9.17, 15) is 4.79 Å². The molecule has 0 fully saturated rings. The summed E-state index contributed by atoms with van der Waals surface area (Å²) in [7, 11) is 1.96. The van der Waals surface area contributed by atoms with E-state index < -0.39 is 0 Å². The van der Waals surface area contributed by atoms with Gasteiger partial charge in [0.1, 0.15) is 0 Å². The van der Waals surface area contributed by atoms with Crippen LogP contribution >= 0.6 is 0 Å². The van der Waals surface area contributed by atoms with E-state index in [1.54, 1.807) is 4.68 Å². The summed E-state index contributed by atoms with van der Waals surface area (Å²) in [6, 6.07) is 18.5. The third-order valence-corrected chi connectivity index (χ3v) is 5.26. The van der Waals surface area contributed by atoms with Crippen LogP contribution in [0.4, 0.5) is 0 Å². The summed E-state index contributed by atoms with van der Waals surface area (Å²) in [6.45, 7) is 4.64. The number of hydrogen-bond acceptors (Lipinski definition) is 2. The molecule has 4 nitrogen and oxygen atoms in total. The molecule has 4 rings (SSSR count). The lowest BCUT2D eigenvalue weighted by Gasteiger charge is -2.28. The predicted molar refractivity (Wildman–Crippen MR) is 100 cm³/mol. The molecule has 0 spiro atoms. The minimum absolute atomic E-state index is 0.0880. The second kappa shape index (κ2) is 6.37. The van der Waals surface area contributed by atoms with E-state index in [4.69, 9.17) is 0 Å². The molecule has 0 bridgehead atoms. The smallest absolute Gasteiger partial charge is 0.276 e. The van der Waals surface area contributed by atoms with Crippen molar-refractivity contribution in [2.24, 2.45) is 7.05 Å². The molecule has 2 aromatic carbocycles. The fourth-order valence-electron chi connectivity index (χ4n) is 3.72. The number of benzene rings is 2. The van der Waals surface area contributed by atoms with Crippen molar-refractivity contribution in [3.8, 4) is 5.69 Å². The van der Waals surface area contributed by atoms with Gasteiger partial charge < -0.3 is 0 Å². The maximum Gasteiger partial charge on any atom is 0.276 e. The highest BCUT2D eigenvalue weighted by molar-refractivity contribution is 5.34. The molecule has 1 aromatic heterocycles. The Morgan fingerprint density at radius 2 is 1.64 bits per heavy atom. The quantitative estimate of drug-likeness (QED) is 0.737. The van der Waals surface area contributed by atoms with Gasteiger partial charge in [-0.1, -0.05) is 42.5 Å². The van der Waals surface area contributed by atoms with E-state index in [0.29, 0.717) is 6.54 Å². The molecular weight excluding hydrogens is 310 g/mol. The van der Waals surface area contributed by atoms with Gasteiger partial charge in [-0.15, -0.1) is 0 Å². The average molecular weight is 333 g/mol. The summed E-state index contributed by atoms with van der Waals surface area (Å²) in [5, 5.41) is 0. The molecule has 0 saturated carbocycles. The maximum atomic E-state index is 13.0. The SMILES string of the molecule is Cc1c(CN2CCc3ccccc3C2)c(=O)n(-c2ccccc2)n1C. The van der Waals surface area contributed by atoms with Crippen LogP contribution in [-0.2, 0) is 26.6 Å². The third kappa shape index (κ3) is 2.83. The Morgan fingerprint density at radius 3 is 2.40 bits per heavy atom. The zero-order chi connectivity index (χ0) is 17.4. The van der Waals surface area contributed by atoms with Crippen LogP contribution in [0.3, 0.4) is 0 Å². The normalized spacial score (nSPS) is 14.5. The number of para-hydroxylation sites is 1. The van der Waals surface area contributed by atoms with E-state index in [1.807, 2.05) is 49.0 Å². The first kappa shape index (κ1) is 15.9. The van der Waals surface area contributed by atoms with Crippen LogP contribution in [0.2, 0.25) is 0 Å². The van der Waals surface area contributed by atoms with Crippen LogP contribution in [0.5, 0.6) is 0 Å². The summed E-state index contributed by atoms with van der Waals surface area (Å²) in [5.41, 5.74) is 5.74. The molecule has 0 N–H and O–H groups in total. The molecule has 3 aromatic rings. The predicted octanol–water partition coefficient (Wildman–Crippen LogP) is 3.04. The van der Waals surface area contributed by atoms with E-state index in [2.05, 4.69) is 29.2 Å². The molecule has 25 heavy (non-hydrogen) atoms. The van der Waals surface area contributed by atoms with Crippen molar-refractivity contribution in [1.29, 1.82) is 0 Å². The summed E-state index contributed by atoms with van der Waals surface area (Å²) in [6.07, 6.45) is 1.05. The molecule has 0 saturated heterocycles. The molecule has 0 aliphatic carbocycles. The van der Waals surface area contributed by atoms with Gasteiger partial charge in [0.25, 0.3) is 5.56 Å². The minimum atomic E-state index is 0.0880. The lowest BCUT2D eigenvalue weighted by Crippen LogP contribution is -2.32. The fraction of sp³-hybridized carbons (Fsp3) is 0.286. The average Bonchev–Trinajstić information content (AvgIpc) is 2.86. The van der Waals surface area contributed by atoms with Crippen molar-refractivity contribution < 1.29 is 0 Å². The maximum absolute atomic E-state index is 13.0. The Morgan fingerprint density at radius 1 is 0.960 bits per heavy atom. The molecule has 0 atom stereocenters. The summed E-state index contributed by atoms with van der Waals surface area (Å²) in [4.78, 5) is 15.4. The summed E-state index contributed by atoms with van der Waals surface area (Å²) >= 11 is 0. The number of aromatic nitrogens is 2. The summed E-state index contributed by atoms with van der Waals surface area (Å²) in [5.74, 6) is 0. The van der Waals surface area contributed by atoms with Crippen molar-refractivity contribution in [2.45, 2.75) is 26.4 Å². The van der Waals surface area contributed by atoms with Crippen LogP contribution in [0.15, 0.2) is 59.4 Å². The van der Waals surface area contributed by atoms with Crippen LogP contribution in [0.1, 0.15) is 22.4 Å². The lowest BCUT2D eigenvalue weighted by molar-refractivity contribution is 0.244. The van der Waals surface area contributed by atoms with Crippen LogP contribution in [0, 0.1) is 6.92 Å². The Hall–Kier alpha value is -2.59. The van der Waals surface area contributed by atoms with Gasteiger partial charge in [-0.3, -0.25) is 14.4 Å². The third-order valence-electron chi connectivity index (χ3n) is 5.26. The van der Waals surface area contributed by atoms with E-state index in [0.717, 1.165) is 36.5 Å². The highest BCUT2D eigenvalue weighted by Gasteiger charge is 2.21. The number of hydrogen-bond donors (Lipinski definition) is 0. The Bertz CT molecular complexity index is 953. The van der Waals surface area contributed by atoms with Gasteiger partial charge in [-0.25, -0.2) is 4.68 Å². The van der Waals surface area contributed by atoms with Crippen LogP contribution in [0.25, 0.3) is 5.69 Å². The number of rotatable bonds is 3. The van der Waals surface area contributed by atoms with Crippen molar-refractivity contribution in [3.63, 3.8) is 0 Å². The van der Waals surface area contributed by atoms with Gasteiger partial charge in [-0.05, 0) is 36.6 Å². The molecule has 0 unspecified atom stereocenters. The Balaban J connectivity index is 1.65. The zero-order valence-corrected chi connectivity index (χ0v) is 14.8. The van der Waals surface area contributed by atoms with Gasteiger partial charge >= 0.3 is 0 Å². The van der Waals surface area contributed by atoms with Crippen LogP contribution < -0.4 is 5.56 Å². The first-order valence-electron chi connectivity index (χ1n) is 8.77. The second-order valence-corrected chi connectivity index (χ2v) is 6.77. The van der Waals surface area contributed by atoms with E-state index >= 15 is 0 Å². The van der Waals surface area contributed by atoms with E-state index in [1.165, 1.54) is 11.1 Å². The van der Waals surface area contributed by atoms with Gasteiger partial charge in [0.2, 0.25) is 0 Å². The van der Waals surface area contributed by atoms with Crippen molar-refractivity contribution in [1.82, 2.24) is 14.3 Å². The number of fused-ring (bicyclic) bond motifs is 1. The summed E-state index contributed by atoms with van der Waals surface area (Å²) < 4.78 is 3.73. The van der Waals surface area contributed by atoms with E-state index in [-0.39, 0.29) is 5.56 Å². The first-order chi connectivity index (χ1) is 12.1. The molecule has 128 valence electrons. The number of nitrogens with zero attached hydrogens (tertiary/aromatic N) is 3. The van der Waals surface area contributed by atoms with Gasteiger partial charge in [0.05, 0.1) is 11.3 Å². The highest BCUT2D eigenvalue weighted by Crippen LogP contribution is 2.20. The molecule has 4 heteroatoms. The Kier molecular flexibility index (Phi) is 4.06. The second-order valence-electron chi connectivity index (χ2n) is 6.77. The molecule has 1 aliphatic rings.